The standard InChI is InChI=1S/C30H44N3O6P3/c1-22(2)34-40(37-28-16-10-25(7)11-17-28)31-41(35-23(3)4,38-29-18-12-26(8)13-19-29)33-42(32-40,36-24(5)6)39-30-20-14-27(9)15-21-30/h10-24,31-32H,1-9H3/q+2. The van der Waals surface area contributed by atoms with Gasteiger partial charge in [-0.15, -0.1) is 0 Å². The summed E-state index contributed by atoms with van der Waals surface area (Å²) in [5, 5.41) is 0. The summed E-state index contributed by atoms with van der Waals surface area (Å²) in [4.78, 5) is 7.03. The molecule has 12 heteroatoms. The lowest BCUT2D eigenvalue weighted by molar-refractivity contribution is 0.198. The van der Waals surface area contributed by atoms with Crippen molar-refractivity contribution >= 4 is 23.7 Å². The average molecular weight is 636 g/mol. The fraction of sp³-hybridized carbons (Fsp3) is 0.400. The summed E-state index contributed by atoms with van der Waals surface area (Å²) in [6, 6.07) is 23.3. The van der Waals surface area contributed by atoms with Crippen molar-refractivity contribution < 1.29 is 27.1 Å². The van der Waals surface area contributed by atoms with Crippen molar-refractivity contribution in [1.82, 2.24) is 9.72 Å². The lowest BCUT2D eigenvalue weighted by Crippen LogP contribution is -2.40. The summed E-state index contributed by atoms with van der Waals surface area (Å²) >= 11 is 0. The Morgan fingerprint density at radius 2 is 1.05 bits per heavy atom. The van der Waals surface area contributed by atoms with Gasteiger partial charge in [0.1, 0.15) is 18.0 Å². The van der Waals surface area contributed by atoms with Crippen LogP contribution in [0.25, 0.3) is 0 Å². The van der Waals surface area contributed by atoms with Gasteiger partial charge in [-0.3, -0.25) is 13.6 Å². The molecule has 3 atom stereocenters. The fourth-order valence-corrected chi connectivity index (χ4v) is 14.6. The molecule has 4 rings (SSSR count). The van der Waals surface area contributed by atoms with E-state index in [0.29, 0.717) is 17.2 Å². The molecule has 9 nitrogen and oxygen atoms in total. The Balaban J connectivity index is 1.95. The maximum atomic E-state index is 6.74. The summed E-state index contributed by atoms with van der Waals surface area (Å²) in [6.07, 6.45) is -0.778. The minimum atomic E-state index is -3.42. The van der Waals surface area contributed by atoms with Crippen LogP contribution in [-0.4, -0.2) is 18.3 Å². The van der Waals surface area contributed by atoms with Crippen LogP contribution in [0.3, 0.4) is 0 Å². The highest BCUT2D eigenvalue weighted by molar-refractivity contribution is 7.88. The molecule has 0 radical (unpaired) electrons. The highest BCUT2D eigenvalue weighted by atomic mass is 31.3. The maximum Gasteiger partial charge on any atom is 0.571 e. The van der Waals surface area contributed by atoms with Crippen molar-refractivity contribution in [2.45, 2.75) is 80.6 Å². The molecule has 1 heterocycles. The normalized spacial score (nSPS) is 24.1. The van der Waals surface area contributed by atoms with Crippen LogP contribution in [-0.2, 0) is 13.6 Å². The minimum Gasteiger partial charge on any atom is -0.423 e. The Hall–Kier alpha value is -2.05. The molecule has 0 aliphatic carbocycles. The van der Waals surface area contributed by atoms with Crippen LogP contribution in [0, 0.1) is 20.8 Å². The minimum absolute atomic E-state index is 0.248. The Bertz CT molecular complexity index is 1370. The van der Waals surface area contributed by atoms with Crippen LogP contribution in [0.15, 0.2) is 77.3 Å². The highest BCUT2D eigenvalue weighted by Gasteiger charge is 2.73. The molecule has 0 bridgehead atoms. The predicted octanol–water partition coefficient (Wildman–Crippen LogP) is 9.92. The molecule has 3 aromatic carbocycles. The van der Waals surface area contributed by atoms with E-state index < -0.39 is 23.7 Å². The quantitative estimate of drug-likeness (QED) is 0.190. The second-order valence-electron chi connectivity index (χ2n) is 11.1. The van der Waals surface area contributed by atoms with Gasteiger partial charge in [-0.05, 0) is 104 Å². The topological polar surface area (TPSA) is 91.8 Å². The first-order chi connectivity index (χ1) is 19.8. The molecular formula is C30H44N3O6P3+2. The Kier molecular flexibility index (Phi) is 10.7. The van der Waals surface area contributed by atoms with Gasteiger partial charge in [0.15, 0.2) is 11.5 Å². The monoisotopic (exact) mass is 635 g/mol. The molecular weight excluding hydrogens is 591 g/mol. The number of aryl methyl sites for hydroxylation is 3. The van der Waals surface area contributed by atoms with Crippen LogP contribution in [0.5, 0.6) is 17.2 Å². The number of hydrogen-bond acceptors (Lipinski definition) is 9. The lowest BCUT2D eigenvalue weighted by Gasteiger charge is -2.35. The average Bonchev–Trinajstić information content (AvgIpc) is 2.86. The lowest BCUT2D eigenvalue weighted by atomic mass is 10.2. The van der Waals surface area contributed by atoms with E-state index in [0.717, 1.165) is 16.7 Å². The molecule has 3 unspecified atom stereocenters. The third-order valence-corrected chi connectivity index (χ3v) is 15.1. The molecule has 0 saturated heterocycles. The van der Waals surface area contributed by atoms with Crippen LogP contribution in [0.1, 0.15) is 58.2 Å². The second-order valence-corrected chi connectivity index (χ2v) is 17.7. The van der Waals surface area contributed by atoms with Crippen molar-refractivity contribution in [3.05, 3.63) is 89.5 Å². The summed E-state index contributed by atoms with van der Waals surface area (Å²) in [7, 11) is -10.2. The zero-order valence-corrected chi connectivity index (χ0v) is 28.6. The Morgan fingerprint density at radius 1 is 0.595 bits per heavy atom. The summed E-state index contributed by atoms with van der Waals surface area (Å²) in [5.41, 5.74) is 3.32. The van der Waals surface area contributed by atoms with Gasteiger partial charge in [-0.1, -0.05) is 53.1 Å². The molecule has 0 fully saturated rings. The molecule has 1 aliphatic rings. The molecule has 228 valence electrons. The molecule has 3 aromatic rings. The molecule has 1 aliphatic heterocycles. The van der Waals surface area contributed by atoms with Crippen molar-refractivity contribution in [1.29, 1.82) is 0 Å². The van der Waals surface area contributed by atoms with Crippen molar-refractivity contribution in [2.75, 3.05) is 0 Å². The number of nitrogens with zero attached hydrogens (tertiary/aromatic N) is 1. The second kappa shape index (κ2) is 13.7. The van der Waals surface area contributed by atoms with E-state index in [1.165, 1.54) is 0 Å². The van der Waals surface area contributed by atoms with E-state index >= 15 is 0 Å². The predicted molar refractivity (Wildman–Crippen MR) is 174 cm³/mol. The zero-order valence-electron chi connectivity index (χ0n) is 25.9. The molecule has 42 heavy (non-hydrogen) atoms. The van der Waals surface area contributed by atoms with Gasteiger partial charge in [-0.2, -0.15) is 9.05 Å². The van der Waals surface area contributed by atoms with Gasteiger partial charge >= 0.3 is 23.7 Å². The van der Waals surface area contributed by atoms with Gasteiger partial charge < -0.3 is 4.52 Å². The first-order valence-electron chi connectivity index (χ1n) is 14.1. The van der Waals surface area contributed by atoms with E-state index in [9.17, 15) is 0 Å². The van der Waals surface area contributed by atoms with E-state index in [1.54, 1.807) is 0 Å². The van der Waals surface area contributed by atoms with Gasteiger partial charge in [0, 0.05) is 4.52 Å². The molecule has 0 spiro atoms. The number of rotatable bonds is 12. The number of nitrogens with one attached hydrogen (secondary N) is 2. The first kappa shape index (κ1) is 32.9. The third-order valence-electron chi connectivity index (χ3n) is 5.57. The van der Waals surface area contributed by atoms with Crippen molar-refractivity contribution in [3.8, 4) is 17.2 Å². The summed E-state index contributed by atoms with van der Waals surface area (Å²) < 4.78 is 45.2. The Labute approximate surface area is 252 Å². The molecule has 0 saturated carbocycles. The van der Waals surface area contributed by atoms with E-state index in [1.807, 2.05) is 135 Å². The van der Waals surface area contributed by atoms with Crippen molar-refractivity contribution in [2.24, 2.45) is 4.52 Å². The third kappa shape index (κ3) is 8.98. The zero-order chi connectivity index (χ0) is 30.5. The first-order valence-corrected chi connectivity index (χ1v) is 18.9. The van der Waals surface area contributed by atoms with Crippen LogP contribution in [0.4, 0.5) is 0 Å². The maximum absolute atomic E-state index is 6.74. The van der Waals surface area contributed by atoms with Gasteiger partial charge in [-0.25, -0.2) is 0 Å². The Morgan fingerprint density at radius 3 is 1.50 bits per heavy atom. The smallest absolute Gasteiger partial charge is 0.423 e. The van der Waals surface area contributed by atoms with Crippen LogP contribution >= 0.6 is 23.7 Å². The van der Waals surface area contributed by atoms with Crippen LogP contribution < -0.4 is 23.3 Å². The van der Waals surface area contributed by atoms with E-state index in [-0.39, 0.29) is 18.3 Å². The van der Waals surface area contributed by atoms with Gasteiger partial charge in [0.2, 0.25) is 0 Å². The summed E-state index contributed by atoms with van der Waals surface area (Å²) in [6.45, 7) is 17.7. The fourth-order valence-electron chi connectivity index (χ4n) is 3.97. The number of benzene rings is 3. The van der Waals surface area contributed by atoms with Gasteiger partial charge in [0.25, 0.3) is 0 Å². The molecule has 0 aromatic heterocycles. The SMILES string of the molecule is Cc1ccc(OP2(OC(C)C)=N[P+](Oc3ccc(C)cc3)(OC(C)C)N[P+](Oc3ccc(C)cc3)(OC(C)C)N2)cc1. The van der Waals surface area contributed by atoms with E-state index in [4.69, 9.17) is 31.7 Å². The van der Waals surface area contributed by atoms with Crippen molar-refractivity contribution in [3.63, 3.8) is 0 Å². The highest BCUT2D eigenvalue weighted by Crippen LogP contribution is 2.81. The summed E-state index contributed by atoms with van der Waals surface area (Å²) in [5.74, 6) is 1.78. The van der Waals surface area contributed by atoms with E-state index in [2.05, 4.69) is 9.72 Å². The van der Waals surface area contributed by atoms with Crippen LogP contribution in [0.2, 0.25) is 0 Å². The van der Waals surface area contributed by atoms with Gasteiger partial charge in [0.05, 0.1) is 11.0 Å². The molecule has 2 N–H and O–H groups in total. The number of hydrogen-bond donors (Lipinski definition) is 2. The largest absolute Gasteiger partial charge is 0.571 e. The molecule has 0 amide bonds.